The van der Waals surface area contributed by atoms with E-state index < -0.39 is 43.7 Å². The van der Waals surface area contributed by atoms with Crippen molar-refractivity contribution < 1.29 is 29.6 Å². The fourth-order valence-corrected chi connectivity index (χ4v) is 4.67. The van der Waals surface area contributed by atoms with Crippen LogP contribution >= 0.6 is 8.03 Å². The van der Waals surface area contributed by atoms with Crippen LogP contribution in [-0.4, -0.2) is 57.7 Å². The van der Waals surface area contributed by atoms with Crippen LogP contribution in [0.4, 0.5) is 0 Å². The minimum atomic E-state index is -2.75. The summed E-state index contributed by atoms with van der Waals surface area (Å²) in [5, 5.41) is 15.4. The van der Waals surface area contributed by atoms with Crippen molar-refractivity contribution in [1.82, 2.24) is 10.6 Å². The van der Waals surface area contributed by atoms with Gasteiger partial charge in [0.15, 0.2) is 8.03 Å². The molecule has 0 aromatic rings. The highest BCUT2D eigenvalue weighted by Gasteiger charge is 2.30. The summed E-state index contributed by atoms with van der Waals surface area (Å²) in [6.07, 6.45) is 4.39. The average Bonchev–Trinajstić information content (AvgIpc) is 2.63. The van der Waals surface area contributed by atoms with Crippen LogP contribution in [0.25, 0.3) is 0 Å². The first-order valence-electron chi connectivity index (χ1n) is 9.88. The maximum absolute atomic E-state index is 12.1. The monoisotopic (exact) mass is 423 g/mol. The van der Waals surface area contributed by atoms with Gasteiger partial charge in [-0.25, -0.2) is 0 Å². The Balaban J connectivity index is 0.00000729. The van der Waals surface area contributed by atoms with Gasteiger partial charge < -0.3 is 31.8 Å². The van der Waals surface area contributed by atoms with Crippen LogP contribution in [0.2, 0.25) is 0 Å². The summed E-state index contributed by atoms with van der Waals surface area (Å²) in [5.41, 5.74) is 5.34. The van der Waals surface area contributed by atoms with Gasteiger partial charge in [0.05, 0.1) is 12.1 Å². The van der Waals surface area contributed by atoms with Gasteiger partial charge in [-0.05, 0) is 38.0 Å². The van der Waals surface area contributed by atoms with E-state index in [1.54, 1.807) is 6.92 Å². The Morgan fingerprint density at radius 2 is 1.71 bits per heavy atom. The van der Waals surface area contributed by atoms with E-state index in [-0.39, 0.29) is 30.3 Å². The van der Waals surface area contributed by atoms with E-state index in [9.17, 15) is 24.2 Å². The summed E-state index contributed by atoms with van der Waals surface area (Å²) in [4.78, 5) is 33.7. The molecule has 0 aromatic carbocycles. The van der Waals surface area contributed by atoms with Crippen LogP contribution in [0, 0.1) is 11.8 Å². The molecular weight excluding hydrogens is 385 g/mol. The number of nitrogens with two attached hydrogens (primary N) is 1. The van der Waals surface area contributed by atoms with Gasteiger partial charge in [-0.15, -0.1) is 0 Å². The molecule has 8 N–H and O–H groups in total. The van der Waals surface area contributed by atoms with Gasteiger partial charge in [0.25, 0.3) is 0 Å². The average molecular weight is 423 g/mol. The van der Waals surface area contributed by atoms with Gasteiger partial charge in [0.2, 0.25) is 11.8 Å². The van der Waals surface area contributed by atoms with Gasteiger partial charge in [-0.3, -0.25) is 14.2 Å². The zero-order valence-corrected chi connectivity index (χ0v) is 18.1. The smallest absolute Gasteiger partial charge is 0.242 e. The highest BCUT2D eigenvalue weighted by atomic mass is 31.1. The maximum atomic E-state index is 12.1. The zero-order chi connectivity index (χ0) is 20.6. The van der Waals surface area contributed by atoms with Crippen LogP contribution in [0.15, 0.2) is 0 Å². The van der Waals surface area contributed by atoms with Gasteiger partial charge >= 0.3 is 0 Å². The SMILES string of the molecule is CC(C)[C@H](N)C(=O)N[C@@H](C)C(=O)NC[C@H](O)CC(C1CCCCC1)[PH](=O)O.O. The second-order valence-electron chi connectivity index (χ2n) is 7.98. The summed E-state index contributed by atoms with van der Waals surface area (Å²) in [6.45, 7) is 5.17. The Hall–Kier alpha value is -0.990. The third kappa shape index (κ3) is 9.01. The van der Waals surface area contributed by atoms with Crippen molar-refractivity contribution in [2.75, 3.05) is 6.54 Å². The lowest BCUT2D eigenvalue weighted by atomic mass is 9.85. The third-order valence-electron chi connectivity index (χ3n) is 5.35. The largest absolute Gasteiger partial charge is 0.412 e. The molecule has 1 fully saturated rings. The van der Waals surface area contributed by atoms with Crippen LogP contribution in [0.1, 0.15) is 59.3 Å². The second-order valence-corrected chi connectivity index (χ2v) is 9.40. The van der Waals surface area contributed by atoms with E-state index in [1.807, 2.05) is 13.8 Å². The van der Waals surface area contributed by atoms with Gasteiger partial charge in [0.1, 0.15) is 6.04 Å². The molecule has 0 saturated heterocycles. The molecule has 1 aliphatic carbocycles. The quantitative estimate of drug-likeness (QED) is 0.308. The van der Waals surface area contributed by atoms with Crippen molar-refractivity contribution in [2.45, 2.75) is 83.1 Å². The van der Waals surface area contributed by atoms with Crippen molar-refractivity contribution in [3.8, 4) is 0 Å². The summed E-state index contributed by atoms with van der Waals surface area (Å²) in [7, 11) is -2.75. The molecule has 1 aliphatic rings. The first kappa shape index (κ1) is 27.0. The zero-order valence-electron chi connectivity index (χ0n) is 17.1. The van der Waals surface area contributed by atoms with E-state index in [0.717, 1.165) is 32.1 Å². The Morgan fingerprint density at radius 3 is 2.21 bits per heavy atom. The number of hydrogen-bond acceptors (Lipinski definition) is 5. The topological polar surface area (TPSA) is 173 Å². The number of aliphatic hydroxyl groups excluding tert-OH is 1. The Kier molecular flexibility index (Phi) is 12.8. The Bertz CT molecular complexity index is 514. The van der Waals surface area contributed by atoms with Crippen LogP contribution in [0.3, 0.4) is 0 Å². The van der Waals surface area contributed by atoms with Crippen LogP contribution in [-0.2, 0) is 14.2 Å². The molecule has 1 saturated carbocycles. The molecule has 0 radical (unpaired) electrons. The molecule has 2 unspecified atom stereocenters. The number of amides is 2. The maximum Gasteiger partial charge on any atom is 0.242 e. The van der Waals surface area contributed by atoms with Gasteiger partial charge in [-0.1, -0.05) is 33.1 Å². The number of aliphatic hydroxyl groups is 1. The number of rotatable bonds is 10. The molecule has 0 bridgehead atoms. The highest BCUT2D eigenvalue weighted by Crippen LogP contribution is 2.40. The normalized spacial score (nSPS) is 20.4. The fraction of sp³-hybridized carbons (Fsp3) is 0.889. The van der Waals surface area contributed by atoms with E-state index in [0.29, 0.717) is 0 Å². The van der Waals surface area contributed by atoms with E-state index in [2.05, 4.69) is 10.6 Å². The number of nitrogens with one attached hydrogen (secondary N) is 2. The lowest BCUT2D eigenvalue weighted by Gasteiger charge is -2.30. The van der Waals surface area contributed by atoms with Crippen molar-refractivity contribution in [2.24, 2.45) is 17.6 Å². The van der Waals surface area contributed by atoms with Crippen molar-refractivity contribution >= 4 is 19.8 Å². The molecule has 9 nitrogen and oxygen atoms in total. The summed E-state index contributed by atoms with van der Waals surface area (Å²) >= 11 is 0. The molecular formula is C18H38N3O6P. The third-order valence-corrected chi connectivity index (χ3v) is 6.69. The van der Waals surface area contributed by atoms with E-state index in [1.165, 1.54) is 0 Å². The second kappa shape index (κ2) is 13.3. The van der Waals surface area contributed by atoms with Crippen LogP contribution < -0.4 is 16.4 Å². The van der Waals surface area contributed by atoms with Crippen molar-refractivity contribution in [3.05, 3.63) is 0 Å². The number of carbonyl (C=O) groups excluding carboxylic acids is 2. The van der Waals surface area contributed by atoms with Gasteiger partial charge in [-0.2, -0.15) is 0 Å². The van der Waals surface area contributed by atoms with Crippen molar-refractivity contribution in [1.29, 1.82) is 0 Å². The van der Waals surface area contributed by atoms with Gasteiger partial charge in [0, 0.05) is 12.2 Å². The summed E-state index contributed by atoms with van der Waals surface area (Å²) < 4.78 is 11.7. The highest BCUT2D eigenvalue weighted by molar-refractivity contribution is 7.38. The lowest BCUT2D eigenvalue weighted by molar-refractivity contribution is -0.129. The fourth-order valence-electron chi connectivity index (χ4n) is 3.46. The molecule has 2 amide bonds. The molecule has 0 aliphatic heterocycles. The summed E-state index contributed by atoms with van der Waals surface area (Å²) in [5.74, 6) is -0.703. The molecule has 5 atom stereocenters. The molecule has 0 aromatic heterocycles. The molecule has 0 spiro atoms. The summed E-state index contributed by atoms with van der Waals surface area (Å²) in [6, 6.07) is -1.47. The predicted molar refractivity (Wildman–Crippen MR) is 109 cm³/mol. The Labute approximate surface area is 168 Å². The minimum Gasteiger partial charge on any atom is -0.412 e. The first-order valence-corrected chi connectivity index (χ1v) is 11.3. The molecule has 10 heteroatoms. The van der Waals surface area contributed by atoms with E-state index >= 15 is 0 Å². The lowest BCUT2D eigenvalue weighted by Crippen LogP contribution is -2.52. The molecule has 28 heavy (non-hydrogen) atoms. The molecule has 166 valence electrons. The first-order chi connectivity index (χ1) is 12.6. The number of hydrogen-bond donors (Lipinski definition) is 5. The number of carbonyl (C=O) groups is 2. The minimum absolute atomic E-state index is 0. The standard InChI is InChI=1S/C18H36N3O5P.H2O/c1-11(2)16(19)18(24)21-12(3)17(23)20-10-14(22)9-15(27(25)26)13-7-5-4-6-8-13;/h11-16,22,27H,4-10,19H2,1-3H3,(H,20,23)(H,21,24)(H,25,26);1H2/t12-,14+,15?,16-;/m0./s1. The predicted octanol–water partition coefficient (Wildman–Crippen LogP) is -0.0672. The van der Waals surface area contributed by atoms with Crippen LogP contribution in [0.5, 0.6) is 0 Å². The molecule has 1 rings (SSSR count). The Morgan fingerprint density at radius 1 is 1.14 bits per heavy atom. The molecule has 0 heterocycles. The van der Waals surface area contributed by atoms with Crippen molar-refractivity contribution in [3.63, 3.8) is 0 Å². The van der Waals surface area contributed by atoms with E-state index in [4.69, 9.17) is 5.73 Å².